The molecular formula is C16H19Cl2N3O3. The highest BCUT2D eigenvalue weighted by atomic mass is 35.5. The van der Waals surface area contributed by atoms with E-state index in [0.29, 0.717) is 28.6 Å². The molecule has 0 unspecified atom stereocenters. The molecule has 0 saturated carbocycles. The highest BCUT2D eigenvalue weighted by Gasteiger charge is 2.20. The Kier molecular flexibility index (Phi) is 6.87. The molecule has 1 heterocycles. The van der Waals surface area contributed by atoms with Crippen LogP contribution in [0.25, 0.3) is 0 Å². The summed E-state index contributed by atoms with van der Waals surface area (Å²) in [6, 6.07) is 4.61. The van der Waals surface area contributed by atoms with E-state index in [9.17, 15) is 14.4 Å². The minimum Gasteiger partial charge on any atom is -0.353 e. The lowest BCUT2D eigenvalue weighted by Gasteiger charge is -2.25. The molecule has 1 saturated heterocycles. The number of carbonyl (C=O) groups excluding carboxylic acids is 3. The first kappa shape index (κ1) is 18.5. The number of benzene rings is 1. The van der Waals surface area contributed by atoms with E-state index in [-0.39, 0.29) is 37.4 Å². The first-order valence-corrected chi connectivity index (χ1v) is 8.50. The predicted octanol–water partition coefficient (Wildman–Crippen LogP) is 1.85. The summed E-state index contributed by atoms with van der Waals surface area (Å²) in [7, 11) is 0. The number of piperidine rings is 1. The van der Waals surface area contributed by atoms with Crippen LogP contribution in [0.4, 0.5) is 0 Å². The van der Waals surface area contributed by atoms with Gasteiger partial charge in [0, 0.05) is 31.6 Å². The van der Waals surface area contributed by atoms with Gasteiger partial charge in [0.25, 0.3) is 5.91 Å². The molecular weight excluding hydrogens is 353 g/mol. The zero-order valence-corrected chi connectivity index (χ0v) is 14.6. The summed E-state index contributed by atoms with van der Waals surface area (Å²) in [4.78, 5) is 36.9. The quantitative estimate of drug-likeness (QED) is 0.749. The van der Waals surface area contributed by atoms with Crippen molar-refractivity contribution in [2.24, 2.45) is 0 Å². The summed E-state index contributed by atoms with van der Waals surface area (Å²) in [5, 5.41) is 6.05. The zero-order valence-electron chi connectivity index (χ0n) is 13.1. The van der Waals surface area contributed by atoms with Crippen molar-refractivity contribution >= 4 is 40.9 Å². The van der Waals surface area contributed by atoms with Gasteiger partial charge >= 0.3 is 0 Å². The molecule has 0 bridgehead atoms. The van der Waals surface area contributed by atoms with Crippen molar-refractivity contribution in [3.05, 3.63) is 33.8 Å². The molecule has 0 radical (unpaired) electrons. The van der Waals surface area contributed by atoms with Gasteiger partial charge in [-0.1, -0.05) is 23.2 Å². The fraction of sp³-hybridized carbons (Fsp3) is 0.438. The number of carbonyl (C=O) groups is 3. The summed E-state index contributed by atoms with van der Waals surface area (Å²) in [6.07, 6.45) is 2.32. The number of likely N-dealkylation sites (tertiary alicyclic amines) is 1. The third kappa shape index (κ3) is 5.39. The van der Waals surface area contributed by atoms with Crippen LogP contribution >= 0.6 is 23.2 Å². The van der Waals surface area contributed by atoms with Gasteiger partial charge in [0.2, 0.25) is 11.8 Å². The van der Waals surface area contributed by atoms with E-state index in [1.165, 1.54) is 6.07 Å². The normalized spacial score (nSPS) is 14.4. The van der Waals surface area contributed by atoms with Crippen LogP contribution in [-0.2, 0) is 9.59 Å². The Balaban J connectivity index is 1.68. The fourth-order valence-electron chi connectivity index (χ4n) is 2.38. The maximum Gasteiger partial charge on any atom is 0.251 e. The van der Waals surface area contributed by atoms with E-state index in [2.05, 4.69) is 10.6 Å². The summed E-state index contributed by atoms with van der Waals surface area (Å²) in [5.41, 5.74) is 0.398. The van der Waals surface area contributed by atoms with E-state index in [0.717, 1.165) is 12.8 Å². The van der Waals surface area contributed by atoms with Gasteiger partial charge in [0.15, 0.2) is 0 Å². The molecule has 0 aromatic heterocycles. The molecule has 1 aromatic carbocycles. The smallest absolute Gasteiger partial charge is 0.251 e. The minimum absolute atomic E-state index is 0.0179. The first-order valence-electron chi connectivity index (χ1n) is 7.75. The Labute approximate surface area is 150 Å². The van der Waals surface area contributed by atoms with Crippen molar-refractivity contribution in [1.82, 2.24) is 15.5 Å². The Morgan fingerprint density at radius 2 is 1.83 bits per heavy atom. The molecule has 24 heavy (non-hydrogen) atoms. The maximum absolute atomic E-state index is 11.9. The highest BCUT2D eigenvalue weighted by molar-refractivity contribution is 6.42. The molecule has 1 aliphatic heterocycles. The largest absolute Gasteiger partial charge is 0.353 e. The number of nitrogens with zero attached hydrogens (tertiary/aromatic N) is 1. The van der Waals surface area contributed by atoms with Crippen LogP contribution in [-0.4, -0.2) is 48.8 Å². The van der Waals surface area contributed by atoms with Crippen LogP contribution in [0.15, 0.2) is 18.2 Å². The van der Waals surface area contributed by atoms with Gasteiger partial charge in [-0.15, -0.1) is 0 Å². The molecule has 6 nitrogen and oxygen atoms in total. The third-order valence-electron chi connectivity index (χ3n) is 3.67. The Morgan fingerprint density at radius 3 is 2.54 bits per heavy atom. The second-order valence-electron chi connectivity index (χ2n) is 5.51. The highest BCUT2D eigenvalue weighted by Crippen LogP contribution is 2.22. The Morgan fingerprint density at radius 1 is 1.08 bits per heavy atom. The Hall–Kier alpha value is -1.79. The molecule has 1 aromatic rings. The summed E-state index contributed by atoms with van der Waals surface area (Å²) in [5.74, 6) is -0.507. The maximum atomic E-state index is 11.9. The molecule has 0 atom stereocenters. The van der Waals surface area contributed by atoms with Crippen LogP contribution in [0, 0.1) is 0 Å². The van der Waals surface area contributed by atoms with Crippen LogP contribution in [0.5, 0.6) is 0 Å². The monoisotopic (exact) mass is 371 g/mol. The van der Waals surface area contributed by atoms with Gasteiger partial charge in [0.05, 0.1) is 16.6 Å². The van der Waals surface area contributed by atoms with E-state index >= 15 is 0 Å². The number of hydrogen-bond acceptors (Lipinski definition) is 3. The van der Waals surface area contributed by atoms with Crippen molar-refractivity contribution in [2.75, 3.05) is 26.2 Å². The fourth-order valence-corrected chi connectivity index (χ4v) is 2.67. The van der Waals surface area contributed by atoms with Gasteiger partial charge < -0.3 is 15.5 Å². The topological polar surface area (TPSA) is 78.5 Å². The zero-order chi connectivity index (χ0) is 17.5. The summed E-state index contributed by atoms with van der Waals surface area (Å²) in [6.45, 7) is 1.26. The number of hydrogen-bond donors (Lipinski definition) is 2. The van der Waals surface area contributed by atoms with E-state index < -0.39 is 0 Å². The molecule has 2 N–H and O–H groups in total. The average Bonchev–Trinajstić information content (AvgIpc) is 2.56. The van der Waals surface area contributed by atoms with Crippen molar-refractivity contribution in [1.29, 1.82) is 0 Å². The average molecular weight is 372 g/mol. The molecule has 0 aliphatic carbocycles. The lowest BCUT2D eigenvalue weighted by molar-refractivity contribution is -0.137. The number of nitrogens with one attached hydrogen (secondary N) is 2. The van der Waals surface area contributed by atoms with Gasteiger partial charge in [-0.3, -0.25) is 14.4 Å². The second kappa shape index (κ2) is 8.89. The second-order valence-corrected chi connectivity index (χ2v) is 6.32. The molecule has 0 spiro atoms. The van der Waals surface area contributed by atoms with Crippen molar-refractivity contribution in [3.8, 4) is 0 Å². The van der Waals surface area contributed by atoms with Crippen LogP contribution in [0.3, 0.4) is 0 Å². The number of amides is 3. The van der Waals surface area contributed by atoms with E-state index in [4.69, 9.17) is 23.2 Å². The van der Waals surface area contributed by atoms with E-state index in [1.807, 2.05) is 0 Å². The third-order valence-corrected chi connectivity index (χ3v) is 4.41. The molecule has 2 rings (SSSR count). The van der Waals surface area contributed by atoms with Crippen LogP contribution in [0.2, 0.25) is 10.0 Å². The van der Waals surface area contributed by atoms with Crippen molar-refractivity contribution < 1.29 is 14.4 Å². The predicted molar refractivity (Wildman–Crippen MR) is 92.2 cm³/mol. The summed E-state index contributed by atoms with van der Waals surface area (Å²) >= 11 is 11.7. The van der Waals surface area contributed by atoms with Gasteiger partial charge in [-0.2, -0.15) is 0 Å². The van der Waals surface area contributed by atoms with Crippen LogP contribution < -0.4 is 10.6 Å². The lowest BCUT2D eigenvalue weighted by atomic mass is 10.1. The molecule has 130 valence electrons. The minimum atomic E-state index is -0.297. The molecule has 1 fully saturated rings. The Bertz CT molecular complexity index is 637. The summed E-state index contributed by atoms with van der Waals surface area (Å²) < 4.78 is 0. The van der Waals surface area contributed by atoms with Crippen LogP contribution in [0.1, 0.15) is 29.6 Å². The first-order chi connectivity index (χ1) is 11.5. The van der Waals surface area contributed by atoms with E-state index in [1.54, 1.807) is 17.0 Å². The lowest BCUT2D eigenvalue weighted by Crippen LogP contribution is -2.44. The molecule has 8 heteroatoms. The van der Waals surface area contributed by atoms with Gasteiger partial charge in [-0.05, 0) is 31.0 Å². The molecule has 1 aliphatic rings. The van der Waals surface area contributed by atoms with Crippen molar-refractivity contribution in [2.45, 2.75) is 19.3 Å². The number of rotatable bonds is 6. The SMILES string of the molecule is O=C(CN1CCCCC1=O)NCCNC(=O)c1ccc(Cl)c(Cl)c1. The standard InChI is InChI=1S/C16H19Cl2N3O3/c17-12-5-4-11(9-13(12)18)16(24)20-7-6-19-14(22)10-21-8-2-1-3-15(21)23/h4-5,9H,1-3,6-8,10H2,(H,19,22)(H,20,24). The molecule has 3 amide bonds. The van der Waals surface area contributed by atoms with Crippen molar-refractivity contribution in [3.63, 3.8) is 0 Å². The number of halogens is 2. The van der Waals surface area contributed by atoms with Gasteiger partial charge in [0.1, 0.15) is 0 Å². The van der Waals surface area contributed by atoms with Gasteiger partial charge in [-0.25, -0.2) is 0 Å².